The van der Waals surface area contributed by atoms with E-state index in [0.717, 1.165) is 63.4 Å². The lowest BCUT2D eigenvalue weighted by atomic mass is 9.80. The quantitative estimate of drug-likeness (QED) is 0.260. The van der Waals surface area contributed by atoms with Gasteiger partial charge in [0.15, 0.2) is 5.96 Å². The summed E-state index contributed by atoms with van der Waals surface area (Å²) >= 11 is 0. The van der Waals surface area contributed by atoms with Gasteiger partial charge in [0.25, 0.3) is 0 Å². The van der Waals surface area contributed by atoms with E-state index in [0.29, 0.717) is 12.1 Å². The predicted octanol–water partition coefficient (Wildman–Crippen LogP) is 3.57. The Hall–Kier alpha value is -0.0800. The lowest BCUT2D eigenvalue weighted by Gasteiger charge is -2.32. The van der Waals surface area contributed by atoms with Crippen molar-refractivity contribution in [3.63, 3.8) is 0 Å². The molecule has 0 unspecified atom stereocenters. The standard InChI is InChI=1S/C19H37N3O2.HI/c1-15(2)16-5-7-17(8-6-16)22-19(20-3)21-11-4-12-24-18-9-13-23-14-10-18;/h15-18H,4-14H2,1-3H3,(H2,20,21,22);1H. The topological polar surface area (TPSA) is 54.9 Å². The summed E-state index contributed by atoms with van der Waals surface area (Å²) in [5.41, 5.74) is 0. The van der Waals surface area contributed by atoms with Crippen molar-refractivity contribution < 1.29 is 9.47 Å². The van der Waals surface area contributed by atoms with Crippen LogP contribution in [0.5, 0.6) is 0 Å². The zero-order valence-corrected chi connectivity index (χ0v) is 18.6. The van der Waals surface area contributed by atoms with Crippen molar-refractivity contribution in [1.29, 1.82) is 0 Å². The van der Waals surface area contributed by atoms with Crippen LogP contribution in [0.4, 0.5) is 0 Å². The van der Waals surface area contributed by atoms with E-state index in [1.165, 1.54) is 25.7 Å². The van der Waals surface area contributed by atoms with Crippen LogP contribution >= 0.6 is 24.0 Å². The fourth-order valence-electron chi connectivity index (χ4n) is 3.69. The Kier molecular flexibility index (Phi) is 12.1. The SMILES string of the molecule is CN=C(NCCCOC1CCOCC1)NC1CCC(C(C)C)CC1.I. The van der Waals surface area contributed by atoms with Crippen molar-refractivity contribution in [1.82, 2.24) is 10.6 Å². The zero-order valence-electron chi connectivity index (χ0n) is 16.3. The minimum absolute atomic E-state index is 0. The Morgan fingerprint density at radius 3 is 2.40 bits per heavy atom. The summed E-state index contributed by atoms with van der Waals surface area (Å²) < 4.78 is 11.3. The smallest absolute Gasteiger partial charge is 0.191 e. The van der Waals surface area contributed by atoms with Gasteiger partial charge in [0, 0.05) is 39.5 Å². The largest absolute Gasteiger partial charge is 0.381 e. The molecule has 0 bridgehead atoms. The maximum absolute atomic E-state index is 5.90. The molecule has 0 amide bonds. The van der Waals surface area contributed by atoms with Crippen molar-refractivity contribution >= 4 is 29.9 Å². The Balaban J connectivity index is 0.00000312. The highest BCUT2D eigenvalue weighted by molar-refractivity contribution is 14.0. The Labute approximate surface area is 171 Å². The molecule has 0 aromatic rings. The van der Waals surface area contributed by atoms with Gasteiger partial charge >= 0.3 is 0 Å². The third kappa shape index (κ3) is 8.91. The average Bonchev–Trinajstić information content (AvgIpc) is 2.61. The van der Waals surface area contributed by atoms with Crippen LogP contribution in [0.2, 0.25) is 0 Å². The van der Waals surface area contributed by atoms with E-state index in [1.807, 2.05) is 7.05 Å². The number of nitrogens with zero attached hydrogens (tertiary/aromatic N) is 1. The van der Waals surface area contributed by atoms with Gasteiger partial charge in [-0.25, -0.2) is 0 Å². The van der Waals surface area contributed by atoms with E-state index < -0.39 is 0 Å². The molecule has 1 saturated heterocycles. The molecule has 25 heavy (non-hydrogen) atoms. The molecule has 2 N–H and O–H groups in total. The van der Waals surface area contributed by atoms with Crippen LogP contribution in [0.15, 0.2) is 4.99 Å². The molecule has 1 saturated carbocycles. The third-order valence-corrected chi connectivity index (χ3v) is 5.41. The first-order valence-electron chi connectivity index (χ1n) is 9.85. The summed E-state index contributed by atoms with van der Waals surface area (Å²) in [6.07, 6.45) is 8.68. The van der Waals surface area contributed by atoms with Gasteiger partial charge in [0.1, 0.15) is 0 Å². The summed E-state index contributed by atoms with van der Waals surface area (Å²) in [5, 5.41) is 7.01. The van der Waals surface area contributed by atoms with Gasteiger partial charge in [0.05, 0.1) is 6.10 Å². The highest BCUT2D eigenvalue weighted by Crippen LogP contribution is 2.29. The molecule has 0 aromatic heterocycles. The minimum atomic E-state index is 0. The Bertz CT molecular complexity index is 366. The van der Waals surface area contributed by atoms with Gasteiger partial charge in [-0.3, -0.25) is 4.99 Å². The summed E-state index contributed by atoms with van der Waals surface area (Å²) in [4.78, 5) is 4.36. The lowest BCUT2D eigenvalue weighted by Crippen LogP contribution is -2.45. The first-order valence-corrected chi connectivity index (χ1v) is 9.85. The van der Waals surface area contributed by atoms with Gasteiger partial charge in [-0.1, -0.05) is 13.8 Å². The molecule has 2 aliphatic rings. The second-order valence-electron chi connectivity index (χ2n) is 7.54. The number of hydrogen-bond acceptors (Lipinski definition) is 3. The number of guanidine groups is 1. The minimum Gasteiger partial charge on any atom is -0.381 e. The van der Waals surface area contributed by atoms with Crippen molar-refractivity contribution in [2.24, 2.45) is 16.8 Å². The Morgan fingerprint density at radius 1 is 1.12 bits per heavy atom. The monoisotopic (exact) mass is 467 g/mol. The Morgan fingerprint density at radius 2 is 1.80 bits per heavy atom. The molecule has 148 valence electrons. The highest BCUT2D eigenvalue weighted by atomic mass is 127. The first kappa shape index (κ1) is 23.0. The summed E-state index contributed by atoms with van der Waals surface area (Å²) in [7, 11) is 1.85. The molecule has 2 rings (SSSR count). The van der Waals surface area contributed by atoms with Crippen molar-refractivity contribution in [2.45, 2.75) is 70.9 Å². The van der Waals surface area contributed by atoms with Crippen LogP contribution in [0.1, 0.15) is 58.8 Å². The molecule has 1 heterocycles. The second kappa shape index (κ2) is 13.1. The van der Waals surface area contributed by atoms with Crippen LogP contribution in [0.25, 0.3) is 0 Å². The fourth-order valence-corrected chi connectivity index (χ4v) is 3.69. The van der Waals surface area contributed by atoms with Crippen LogP contribution < -0.4 is 10.6 Å². The molecular formula is C19H38IN3O2. The van der Waals surface area contributed by atoms with Crippen molar-refractivity contribution in [3.8, 4) is 0 Å². The zero-order chi connectivity index (χ0) is 17.2. The van der Waals surface area contributed by atoms with E-state index in [1.54, 1.807) is 0 Å². The number of ether oxygens (including phenoxy) is 2. The fraction of sp³-hybridized carbons (Fsp3) is 0.947. The van der Waals surface area contributed by atoms with Gasteiger partial charge in [-0.15, -0.1) is 24.0 Å². The van der Waals surface area contributed by atoms with Crippen LogP contribution in [-0.4, -0.2) is 51.5 Å². The predicted molar refractivity (Wildman–Crippen MR) is 115 cm³/mol. The molecule has 2 fully saturated rings. The molecule has 1 aliphatic heterocycles. The number of halogens is 1. The van der Waals surface area contributed by atoms with Gasteiger partial charge in [-0.2, -0.15) is 0 Å². The van der Waals surface area contributed by atoms with Gasteiger partial charge < -0.3 is 20.1 Å². The number of hydrogen-bond donors (Lipinski definition) is 2. The molecule has 0 atom stereocenters. The van der Waals surface area contributed by atoms with Crippen molar-refractivity contribution in [2.75, 3.05) is 33.4 Å². The average molecular weight is 467 g/mol. The van der Waals surface area contributed by atoms with Gasteiger partial charge in [0.2, 0.25) is 0 Å². The van der Waals surface area contributed by atoms with E-state index in [4.69, 9.17) is 9.47 Å². The lowest BCUT2D eigenvalue weighted by molar-refractivity contribution is -0.0320. The molecule has 5 nitrogen and oxygen atoms in total. The molecule has 1 aliphatic carbocycles. The van der Waals surface area contributed by atoms with E-state index in [9.17, 15) is 0 Å². The number of rotatable bonds is 7. The molecular weight excluding hydrogens is 429 g/mol. The normalized spacial score (nSPS) is 25.5. The van der Waals surface area contributed by atoms with Crippen molar-refractivity contribution in [3.05, 3.63) is 0 Å². The third-order valence-electron chi connectivity index (χ3n) is 5.41. The van der Waals surface area contributed by atoms with Crippen LogP contribution in [-0.2, 0) is 9.47 Å². The summed E-state index contributed by atoms with van der Waals surface area (Å²) in [6.45, 7) is 8.11. The van der Waals surface area contributed by atoms with Crippen LogP contribution in [0, 0.1) is 11.8 Å². The molecule has 0 spiro atoms. The molecule has 0 aromatic carbocycles. The summed E-state index contributed by atoms with van der Waals surface area (Å²) in [5.74, 6) is 2.66. The molecule has 0 radical (unpaired) electrons. The first-order chi connectivity index (χ1) is 11.7. The maximum Gasteiger partial charge on any atom is 0.191 e. The van der Waals surface area contributed by atoms with E-state index in [-0.39, 0.29) is 24.0 Å². The second-order valence-corrected chi connectivity index (χ2v) is 7.54. The number of nitrogens with one attached hydrogen (secondary N) is 2. The summed E-state index contributed by atoms with van der Waals surface area (Å²) in [6, 6.07) is 0.574. The maximum atomic E-state index is 5.90. The van der Waals surface area contributed by atoms with E-state index in [2.05, 4.69) is 29.5 Å². The van der Waals surface area contributed by atoms with Crippen LogP contribution in [0.3, 0.4) is 0 Å². The number of aliphatic imine (C=N–C) groups is 1. The molecule has 6 heteroatoms. The van der Waals surface area contributed by atoms with Gasteiger partial charge in [-0.05, 0) is 56.8 Å². The van der Waals surface area contributed by atoms with E-state index >= 15 is 0 Å². The highest BCUT2D eigenvalue weighted by Gasteiger charge is 2.23.